The van der Waals surface area contributed by atoms with E-state index >= 15 is 0 Å². The number of fused-ring (bicyclic) bond motifs is 1. The summed E-state index contributed by atoms with van der Waals surface area (Å²) in [5.74, 6) is 3.30. The van der Waals surface area contributed by atoms with E-state index in [1.807, 2.05) is 7.05 Å². The van der Waals surface area contributed by atoms with Gasteiger partial charge >= 0.3 is 0 Å². The van der Waals surface area contributed by atoms with Gasteiger partial charge in [0.05, 0.1) is 6.04 Å². The molecule has 0 aliphatic heterocycles. The van der Waals surface area contributed by atoms with E-state index in [-0.39, 0.29) is 6.04 Å². The topological polar surface area (TPSA) is 12.0 Å². The Morgan fingerprint density at radius 1 is 1.54 bits per heavy atom. The molecule has 0 saturated heterocycles. The quantitative estimate of drug-likeness (QED) is 0.666. The monoisotopic (exact) mass is 171 g/mol. The maximum Gasteiger partial charge on any atom is 0.0757 e. The SMILES string of the molecule is C#CC(NC)C1Cc2ccccc21. The van der Waals surface area contributed by atoms with Crippen molar-refractivity contribution in [2.24, 2.45) is 0 Å². The van der Waals surface area contributed by atoms with Crippen LogP contribution in [0.25, 0.3) is 0 Å². The third kappa shape index (κ3) is 1.24. The van der Waals surface area contributed by atoms with Gasteiger partial charge < -0.3 is 5.32 Å². The first-order valence-electron chi connectivity index (χ1n) is 4.58. The van der Waals surface area contributed by atoms with Gasteiger partial charge in [-0.15, -0.1) is 6.42 Å². The highest BCUT2D eigenvalue weighted by Crippen LogP contribution is 2.36. The van der Waals surface area contributed by atoms with Gasteiger partial charge in [0.25, 0.3) is 0 Å². The van der Waals surface area contributed by atoms with E-state index in [1.165, 1.54) is 11.1 Å². The molecule has 0 aromatic heterocycles. The minimum Gasteiger partial charge on any atom is -0.306 e. The summed E-state index contributed by atoms with van der Waals surface area (Å²) in [6.07, 6.45) is 6.56. The molecular formula is C12H13N. The van der Waals surface area contributed by atoms with Gasteiger partial charge in [-0.25, -0.2) is 0 Å². The predicted molar refractivity (Wildman–Crippen MR) is 54.6 cm³/mol. The lowest BCUT2D eigenvalue weighted by atomic mass is 9.74. The molecule has 0 saturated carbocycles. The Morgan fingerprint density at radius 3 is 2.92 bits per heavy atom. The van der Waals surface area contributed by atoms with Crippen LogP contribution in [0.4, 0.5) is 0 Å². The Hall–Kier alpha value is -1.26. The molecule has 0 fully saturated rings. The van der Waals surface area contributed by atoms with Crippen LogP contribution in [0.1, 0.15) is 17.0 Å². The van der Waals surface area contributed by atoms with Crippen molar-refractivity contribution in [1.82, 2.24) is 5.32 Å². The predicted octanol–water partition coefficient (Wildman–Crippen LogP) is 1.55. The minimum absolute atomic E-state index is 0.190. The molecule has 0 radical (unpaired) electrons. The van der Waals surface area contributed by atoms with Gasteiger partial charge in [0.1, 0.15) is 0 Å². The lowest BCUT2D eigenvalue weighted by Gasteiger charge is -2.33. The summed E-state index contributed by atoms with van der Waals surface area (Å²) in [6.45, 7) is 0. The normalized spacial score (nSPS) is 21.1. The fourth-order valence-electron chi connectivity index (χ4n) is 2.00. The van der Waals surface area contributed by atoms with Crippen molar-refractivity contribution in [2.45, 2.75) is 18.4 Å². The molecule has 2 unspecified atom stereocenters. The molecular weight excluding hydrogens is 158 g/mol. The van der Waals surface area contributed by atoms with E-state index in [9.17, 15) is 0 Å². The summed E-state index contributed by atoms with van der Waals surface area (Å²) in [7, 11) is 1.92. The molecule has 1 nitrogen and oxygen atoms in total. The maximum absolute atomic E-state index is 5.44. The highest BCUT2D eigenvalue weighted by Gasteiger charge is 2.30. The maximum atomic E-state index is 5.44. The van der Waals surface area contributed by atoms with Crippen LogP contribution in [-0.4, -0.2) is 13.1 Å². The molecule has 0 spiro atoms. The van der Waals surface area contributed by atoms with Crippen LogP contribution in [0.3, 0.4) is 0 Å². The van der Waals surface area contributed by atoms with Crippen molar-refractivity contribution in [1.29, 1.82) is 0 Å². The zero-order valence-corrected chi connectivity index (χ0v) is 7.75. The van der Waals surface area contributed by atoms with Crippen molar-refractivity contribution < 1.29 is 0 Å². The summed E-state index contributed by atoms with van der Waals surface area (Å²) < 4.78 is 0. The first kappa shape index (κ1) is 8.34. The molecule has 1 aromatic rings. The number of benzene rings is 1. The second kappa shape index (κ2) is 3.24. The third-order valence-electron chi connectivity index (χ3n) is 2.79. The molecule has 0 heterocycles. The van der Waals surface area contributed by atoms with E-state index in [4.69, 9.17) is 6.42 Å². The molecule has 1 aliphatic rings. The highest BCUT2D eigenvalue weighted by atomic mass is 14.9. The Balaban J connectivity index is 2.22. The van der Waals surface area contributed by atoms with Crippen molar-refractivity contribution in [3.63, 3.8) is 0 Å². The lowest BCUT2D eigenvalue weighted by molar-refractivity contribution is 0.500. The average Bonchev–Trinajstić information content (AvgIpc) is 2.14. The number of hydrogen-bond donors (Lipinski definition) is 1. The second-order valence-corrected chi connectivity index (χ2v) is 3.44. The summed E-state index contributed by atoms with van der Waals surface area (Å²) in [5, 5.41) is 3.16. The summed E-state index contributed by atoms with van der Waals surface area (Å²) in [4.78, 5) is 0. The molecule has 1 N–H and O–H groups in total. The molecule has 1 heteroatoms. The van der Waals surface area contributed by atoms with Crippen LogP contribution < -0.4 is 5.32 Å². The van der Waals surface area contributed by atoms with Gasteiger partial charge in [-0.2, -0.15) is 0 Å². The van der Waals surface area contributed by atoms with Crippen molar-refractivity contribution in [3.8, 4) is 12.3 Å². The van der Waals surface area contributed by atoms with E-state index in [0.29, 0.717) is 5.92 Å². The van der Waals surface area contributed by atoms with Crippen LogP contribution in [0, 0.1) is 12.3 Å². The Labute approximate surface area is 79.2 Å². The summed E-state index contributed by atoms with van der Waals surface area (Å²) >= 11 is 0. The van der Waals surface area contributed by atoms with Crippen LogP contribution >= 0.6 is 0 Å². The van der Waals surface area contributed by atoms with Crippen LogP contribution in [0.15, 0.2) is 24.3 Å². The van der Waals surface area contributed by atoms with E-state index < -0.39 is 0 Å². The zero-order valence-electron chi connectivity index (χ0n) is 7.75. The van der Waals surface area contributed by atoms with Gasteiger partial charge in [0.15, 0.2) is 0 Å². The van der Waals surface area contributed by atoms with Crippen LogP contribution in [-0.2, 0) is 6.42 Å². The Bertz CT molecular complexity index is 348. The highest BCUT2D eigenvalue weighted by molar-refractivity contribution is 5.42. The first-order chi connectivity index (χ1) is 6.36. The zero-order chi connectivity index (χ0) is 9.26. The molecule has 0 amide bonds. The van der Waals surface area contributed by atoms with E-state index in [2.05, 4.69) is 35.5 Å². The molecule has 1 aliphatic carbocycles. The Morgan fingerprint density at radius 2 is 2.31 bits per heavy atom. The number of terminal acetylenes is 1. The van der Waals surface area contributed by atoms with Crippen LogP contribution in [0.5, 0.6) is 0 Å². The fraction of sp³-hybridized carbons (Fsp3) is 0.333. The van der Waals surface area contributed by atoms with Gasteiger partial charge in [0.2, 0.25) is 0 Å². The average molecular weight is 171 g/mol. The van der Waals surface area contributed by atoms with E-state index in [0.717, 1.165) is 6.42 Å². The molecule has 13 heavy (non-hydrogen) atoms. The molecule has 1 aromatic carbocycles. The standard InChI is InChI=1S/C12H13N/c1-3-12(13-2)11-8-9-6-4-5-7-10(9)11/h1,4-7,11-13H,8H2,2H3. The van der Waals surface area contributed by atoms with Crippen molar-refractivity contribution in [2.75, 3.05) is 7.05 Å². The minimum atomic E-state index is 0.190. The summed E-state index contributed by atoms with van der Waals surface area (Å²) in [6, 6.07) is 8.70. The van der Waals surface area contributed by atoms with E-state index in [1.54, 1.807) is 0 Å². The molecule has 2 atom stereocenters. The largest absolute Gasteiger partial charge is 0.306 e. The number of nitrogens with one attached hydrogen (secondary N) is 1. The second-order valence-electron chi connectivity index (χ2n) is 3.44. The molecule has 66 valence electrons. The van der Waals surface area contributed by atoms with Crippen LogP contribution in [0.2, 0.25) is 0 Å². The first-order valence-corrected chi connectivity index (χ1v) is 4.58. The van der Waals surface area contributed by atoms with Gasteiger partial charge in [-0.3, -0.25) is 0 Å². The fourth-order valence-corrected chi connectivity index (χ4v) is 2.00. The van der Waals surface area contributed by atoms with Gasteiger partial charge in [0, 0.05) is 5.92 Å². The number of rotatable bonds is 2. The smallest absolute Gasteiger partial charge is 0.0757 e. The molecule has 0 bridgehead atoms. The number of hydrogen-bond acceptors (Lipinski definition) is 1. The van der Waals surface area contributed by atoms with Crippen molar-refractivity contribution >= 4 is 0 Å². The number of likely N-dealkylation sites (N-methyl/N-ethyl adjacent to an activating group) is 1. The third-order valence-corrected chi connectivity index (χ3v) is 2.79. The van der Waals surface area contributed by atoms with Gasteiger partial charge in [-0.1, -0.05) is 30.2 Å². The Kier molecular flexibility index (Phi) is 2.08. The molecule has 2 rings (SSSR count). The lowest BCUT2D eigenvalue weighted by Crippen LogP contribution is -2.36. The summed E-state index contributed by atoms with van der Waals surface area (Å²) in [5.41, 5.74) is 2.86. The van der Waals surface area contributed by atoms with Gasteiger partial charge in [-0.05, 0) is 24.6 Å². The van der Waals surface area contributed by atoms with Crippen molar-refractivity contribution in [3.05, 3.63) is 35.4 Å².